The summed E-state index contributed by atoms with van der Waals surface area (Å²) in [5.41, 5.74) is 3.86. The highest BCUT2D eigenvalue weighted by molar-refractivity contribution is 7.92. The highest BCUT2D eigenvalue weighted by Gasteiger charge is 2.24. The molecule has 2 heterocycles. The quantitative estimate of drug-likeness (QED) is 0.459. The van der Waals surface area contributed by atoms with E-state index in [1.165, 1.54) is 23.3 Å². The first-order valence-electron chi connectivity index (χ1n) is 10.9. The van der Waals surface area contributed by atoms with Crippen LogP contribution >= 0.6 is 0 Å². The van der Waals surface area contributed by atoms with E-state index in [1.807, 2.05) is 43.3 Å². The number of hydrogen-bond acceptors (Lipinski definition) is 6. The monoisotopic (exact) mass is 460 g/mol. The molecule has 0 bridgehead atoms. The van der Waals surface area contributed by atoms with Crippen LogP contribution in [0.1, 0.15) is 18.1 Å². The fourth-order valence-corrected chi connectivity index (χ4v) is 5.03. The molecule has 4 aromatic rings. The number of fused-ring (bicyclic) bond motifs is 2. The third-order valence-electron chi connectivity index (χ3n) is 5.66. The summed E-state index contributed by atoms with van der Waals surface area (Å²) in [6.45, 7) is 3.76. The van der Waals surface area contributed by atoms with Crippen LogP contribution in [0.2, 0.25) is 0 Å². The second kappa shape index (κ2) is 8.71. The van der Waals surface area contributed by atoms with E-state index in [4.69, 9.17) is 9.72 Å². The Hall–Kier alpha value is -3.65. The molecule has 0 amide bonds. The Kier molecular flexibility index (Phi) is 5.60. The number of aromatic nitrogens is 2. The van der Waals surface area contributed by atoms with Gasteiger partial charge in [0.15, 0.2) is 11.6 Å². The summed E-state index contributed by atoms with van der Waals surface area (Å²) in [4.78, 5) is 11.7. The number of benzene rings is 3. The molecule has 7 nitrogen and oxygen atoms in total. The highest BCUT2D eigenvalue weighted by Crippen LogP contribution is 2.31. The summed E-state index contributed by atoms with van der Waals surface area (Å²) < 4.78 is 34.5. The van der Waals surface area contributed by atoms with Gasteiger partial charge in [0, 0.05) is 13.1 Å². The van der Waals surface area contributed by atoms with Crippen LogP contribution in [0.25, 0.3) is 11.0 Å². The van der Waals surface area contributed by atoms with Gasteiger partial charge in [-0.25, -0.2) is 18.4 Å². The smallest absolute Gasteiger partial charge is 0.263 e. The van der Waals surface area contributed by atoms with Gasteiger partial charge in [-0.1, -0.05) is 36.4 Å². The molecule has 33 heavy (non-hydrogen) atoms. The lowest BCUT2D eigenvalue weighted by molar-refractivity contribution is 0.340. The van der Waals surface area contributed by atoms with Crippen LogP contribution in [-0.2, 0) is 23.0 Å². The lowest BCUT2D eigenvalue weighted by Crippen LogP contribution is -2.32. The van der Waals surface area contributed by atoms with Crippen molar-refractivity contribution in [2.75, 3.05) is 22.8 Å². The van der Waals surface area contributed by atoms with Crippen LogP contribution in [0, 0.1) is 0 Å². The predicted molar refractivity (Wildman–Crippen MR) is 129 cm³/mol. The number of anilines is 2. The standard InChI is InChI=1S/C25H24N4O3S/c1-2-32-20-11-13-21(14-12-20)33(30,31)28-24-25(27-23-10-6-5-9-22(23)26-24)29-16-15-18-7-3-4-8-19(18)17-29/h3-14H,2,15-17H2,1H3,(H,26,28). The third-order valence-corrected chi connectivity index (χ3v) is 7.01. The van der Waals surface area contributed by atoms with Crippen LogP contribution in [-0.4, -0.2) is 31.5 Å². The van der Waals surface area contributed by atoms with Crippen LogP contribution in [0.15, 0.2) is 77.7 Å². The molecule has 1 aliphatic heterocycles. The van der Waals surface area contributed by atoms with Gasteiger partial charge in [-0.2, -0.15) is 0 Å². The van der Waals surface area contributed by atoms with Crippen LogP contribution < -0.4 is 14.4 Å². The fraction of sp³-hybridized carbons (Fsp3) is 0.200. The maximum absolute atomic E-state index is 13.2. The number of hydrogen-bond donors (Lipinski definition) is 1. The number of nitrogens with one attached hydrogen (secondary N) is 1. The molecule has 0 atom stereocenters. The molecule has 0 unspecified atom stereocenters. The van der Waals surface area contributed by atoms with Crippen molar-refractivity contribution >= 4 is 32.7 Å². The Bertz CT molecular complexity index is 1410. The van der Waals surface area contributed by atoms with Gasteiger partial charge in [0.05, 0.1) is 22.5 Å². The zero-order chi connectivity index (χ0) is 22.8. The minimum absolute atomic E-state index is 0.135. The van der Waals surface area contributed by atoms with Crippen molar-refractivity contribution in [3.63, 3.8) is 0 Å². The third kappa shape index (κ3) is 4.34. The molecule has 0 spiro atoms. The van der Waals surface area contributed by atoms with E-state index in [0.717, 1.165) is 18.5 Å². The van der Waals surface area contributed by atoms with Crippen molar-refractivity contribution in [3.8, 4) is 5.75 Å². The topological polar surface area (TPSA) is 84.4 Å². The first-order valence-corrected chi connectivity index (χ1v) is 12.4. The summed E-state index contributed by atoms with van der Waals surface area (Å²) in [5.74, 6) is 1.37. The number of nitrogens with zero attached hydrogens (tertiary/aromatic N) is 3. The highest BCUT2D eigenvalue weighted by atomic mass is 32.2. The van der Waals surface area contributed by atoms with Gasteiger partial charge in [0.2, 0.25) is 0 Å². The average molecular weight is 461 g/mol. The molecule has 0 saturated heterocycles. The van der Waals surface area contributed by atoms with Crippen molar-refractivity contribution < 1.29 is 13.2 Å². The molecule has 3 aromatic carbocycles. The van der Waals surface area contributed by atoms with Gasteiger partial charge in [-0.15, -0.1) is 0 Å². The molecule has 0 fully saturated rings. The van der Waals surface area contributed by atoms with E-state index in [0.29, 0.717) is 30.2 Å². The average Bonchev–Trinajstić information content (AvgIpc) is 2.84. The van der Waals surface area contributed by atoms with Crippen molar-refractivity contribution in [2.24, 2.45) is 0 Å². The second-order valence-electron chi connectivity index (χ2n) is 7.83. The SMILES string of the molecule is CCOc1ccc(S(=O)(=O)Nc2nc3ccccc3nc2N2CCc3ccccc3C2)cc1. The largest absolute Gasteiger partial charge is 0.494 e. The molecule has 0 saturated carbocycles. The number of rotatable bonds is 6. The Labute approximate surface area is 193 Å². The van der Waals surface area contributed by atoms with E-state index in [-0.39, 0.29) is 10.7 Å². The van der Waals surface area contributed by atoms with E-state index < -0.39 is 10.0 Å². The van der Waals surface area contributed by atoms with E-state index in [2.05, 4.69) is 26.7 Å². The van der Waals surface area contributed by atoms with Crippen LogP contribution in [0.4, 0.5) is 11.6 Å². The Morgan fingerprint density at radius 2 is 1.58 bits per heavy atom. The first kappa shape index (κ1) is 21.2. The van der Waals surface area contributed by atoms with Crippen LogP contribution in [0.5, 0.6) is 5.75 Å². The normalized spacial score (nSPS) is 13.5. The van der Waals surface area contributed by atoms with E-state index >= 15 is 0 Å². The minimum atomic E-state index is -3.87. The summed E-state index contributed by atoms with van der Waals surface area (Å²) in [7, 11) is -3.87. The van der Waals surface area contributed by atoms with Gasteiger partial charge in [-0.3, -0.25) is 4.72 Å². The maximum atomic E-state index is 13.2. The summed E-state index contributed by atoms with van der Waals surface area (Å²) in [6, 6.07) is 22.1. The van der Waals surface area contributed by atoms with Gasteiger partial charge in [0.1, 0.15) is 5.75 Å². The molecule has 0 aliphatic carbocycles. The van der Waals surface area contributed by atoms with Gasteiger partial charge < -0.3 is 9.64 Å². The molecule has 0 radical (unpaired) electrons. The van der Waals surface area contributed by atoms with E-state index in [9.17, 15) is 8.42 Å². The zero-order valence-corrected chi connectivity index (χ0v) is 19.0. The maximum Gasteiger partial charge on any atom is 0.263 e. The first-order chi connectivity index (χ1) is 16.0. The summed E-state index contributed by atoms with van der Waals surface area (Å²) in [5, 5.41) is 0. The molecule has 5 rings (SSSR count). The van der Waals surface area contributed by atoms with Crippen LogP contribution in [0.3, 0.4) is 0 Å². The number of para-hydroxylation sites is 2. The molecule has 1 N–H and O–H groups in total. The zero-order valence-electron chi connectivity index (χ0n) is 18.2. The van der Waals surface area contributed by atoms with Gasteiger partial charge in [0.25, 0.3) is 10.0 Å². The van der Waals surface area contributed by atoms with Gasteiger partial charge in [-0.05, 0) is 60.9 Å². The van der Waals surface area contributed by atoms with Gasteiger partial charge >= 0.3 is 0 Å². The Morgan fingerprint density at radius 1 is 0.909 bits per heavy atom. The number of ether oxygens (including phenoxy) is 1. The molecular weight excluding hydrogens is 436 g/mol. The Balaban J connectivity index is 1.53. The van der Waals surface area contributed by atoms with E-state index in [1.54, 1.807) is 12.1 Å². The van der Waals surface area contributed by atoms with Crippen molar-refractivity contribution in [2.45, 2.75) is 24.8 Å². The molecular formula is C25H24N4O3S. The summed E-state index contributed by atoms with van der Waals surface area (Å²) in [6.07, 6.45) is 0.857. The molecule has 1 aromatic heterocycles. The predicted octanol–water partition coefficient (Wildman–Crippen LogP) is 4.39. The Morgan fingerprint density at radius 3 is 2.30 bits per heavy atom. The molecule has 8 heteroatoms. The lowest BCUT2D eigenvalue weighted by atomic mass is 10.00. The van der Waals surface area contributed by atoms with Crippen molar-refractivity contribution in [1.29, 1.82) is 0 Å². The number of sulfonamides is 1. The fourth-order valence-electron chi connectivity index (χ4n) is 4.02. The summed E-state index contributed by atoms with van der Waals surface area (Å²) >= 11 is 0. The lowest BCUT2D eigenvalue weighted by Gasteiger charge is -2.31. The molecule has 1 aliphatic rings. The molecule has 168 valence electrons. The van der Waals surface area contributed by atoms with Crippen molar-refractivity contribution in [3.05, 3.63) is 83.9 Å². The second-order valence-corrected chi connectivity index (χ2v) is 9.52. The van der Waals surface area contributed by atoms with Crippen molar-refractivity contribution in [1.82, 2.24) is 9.97 Å². The minimum Gasteiger partial charge on any atom is -0.494 e.